The van der Waals surface area contributed by atoms with Gasteiger partial charge in [-0.25, -0.2) is 0 Å². The number of rotatable bonds is 5. The van der Waals surface area contributed by atoms with E-state index in [1.54, 1.807) is 0 Å². The Labute approximate surface area is 112 Å². The maximum atomic E-state index is 3.86. The van der Waals surface area contributed by atoms with Crippen molar-refractivity contribution < 1.29 is 0 Å². The maximum Gasteiger partial charge on any atom is 0.0294 e. The van der Waals surface area contributed by atoms with E-state index < -0.39 is 0 Å². The summed E-state index contributed by atoms with van der Waals surface area (Å²) in [6, 6.07) is 9.92. The van der Waals surface area contributed by atoms with Gasteiger partial charge in [0.1, 0.15) is 0 Å². The Morgan fingerprint density at radius 2 is 1.82 bits per heavy atom. The molecule has 1 nitrogen and oxygen atoms in total. The summed E-state index contributed by atoms with van der Waals surface area (Å²) in [6.07, 6.45) is 5.78. The van der Waals surface area contributed by atoms with Gasteiger partial charge in [-0.1, -0.05) is 28.1 Å². The molecule has 2 aliphatic rings. The minimum Gasteiger partial charge on any atom is -0.307 e. The Hall–Kier alpha value is -0.340. The number of hydrogen-bond acceptors (Lipinski definition) is 1. The average Bonchev–Trinajstić information content (AvgIpc) is 3.16. The first kappa shape index (κ1) is 11.7. The molecule has 3 rings (SSSR count). The van der Waals surface area contributed by atoms with Gasteiger partial charge < -0.3 is 5.32 Å². The van der Waals surface area contributed by atoms with Crippen LogP contribution in [0.25, 0.3) is 0 Å². The minimum atomic E-state index is 0.471. The van der Waals surface area contributed by atoms with Crippen molar-refractivity contribution in [2.75, 3.05) is 0 Å². The van der Waals surface area contributed by atoms with Crippen LogP contribution in [0.15, 0.2) is 28.7 Å². The zero-order chi connectivity index (χ0) is 11.8. The van der Waals surface area contributed by atoms with Gasteiger partial charge in [-0.15, -0.1) is 0 Å². The third-order valence-corrected chi connectivity index (χ3v) is 4.54. The Morgan fingerprint density at radius 1 is 1.18 bits per heavy atom. The Balaban J connectivity index is 1.66. The van der Waals surface area contributed by atoms with Gasteiger partial charge in [-0.3, -0.25) is 0 Å². The van der Waals surface area contributed by atoms with Crippen LogP contribution in [0.2, 0.25) is 0 Å². The van der Waals surface area contributed by atoms with Crippen LogP contribution < -0.4 is 5.32 Å². The first-order valence-corrected chi connectivity index (χ1v) is 7.55. The summed E-state index contributed by atoms with van der Waals surface area (Å²) in [5.41, 5.74) is 1.39. The molecule has 0 amide bonds. The van der Waals surface area contributed by atoms with Gasteiger partial charge in [0.05, 0.1) is 0 Å². The van der Waals surface area contributed by atoms with E-state index in [4.69, 9.17) is 0 Å². The molecule has 0 radical (unpaired) electrons. The summed E-state index contributed by atoms with van der Waals surface area (Å²) in [7, 11) is 0. The van der Waals surface area contributed by atoms with Crippen molar-refractivity contribution in [3.8, 4) is 0 Å². The van der Waals surface area contributed by atoms with Crippen LogP contribution in [0, 0.1) is 11.8 Å². The van der Waals surface area contributed by atoms with E-state index in [-0.39, 0.29) is 0 Å². The molecule has 2 heteroatoms. The van der Waals surface area contributed by atoms with E-state index in [9.17, 15) is 0 Å². The quantitative estimate of drug-likeness (QED) is 0.854. The number of benzene rings is 1. The van der Waals surface area contributed by atoms with Crippen molar-refractivity contribution in [1.29, 1.82) is 0 Å². The second-order valence-corrected chi connectivity index (χ2v) is 6.56. The zero-order valence-electron chi connectivity index (χ0n) is 10.3. The van der Waals surface area contributed by atoms with Crippen molar-refractivity contribution in [3.05, 3.63) is 34.3 Å². The highest BCUT2D eigenvalue weighted by Crippen LogP contribution is 2.45. The topological polar surface area (TPSA) is 12.0 Å². The van der Waals surface area contributed by atoms with Crippen molar-refractivity contribution in [3.63, 3.8) is 0 Å². The van der Waals surface area contributed by atoms with Crippen LogP contribution in [0.1, 0.15) is 44.2 Å². The summed E-state index contributed by atoms with van der Waals surface area (Å²) < 4.78 is 1.18. The van der Waals surface area contributed by atoms with Crippen LogP contribution in [-0.2, 0) is 0 Å². The van der Waals surface area contributed by atoms with E-state index in [0.717, 1.165) is 17.9 Å². The van der Waals surface area contributed by atoms with Gasteiger partial charge in [0, 0.05) is 16.6 Å². The van der Waals surface area contributed by atoms with E-state index in [1.807, 2.05) is 0 Å². The minimum absolute atomic E-state index is 0.471. The highest BCUT2D eigenvalue weighted by Gasteiger charge is 2.41. The smallest absolute Gasteiger partial charge is 0.0294 e. The molecule has 92 valence electrons. The van der Waals surface area contributed by atoms with Gasteiger partial charge in [0.15, 0.2) is 0 Å². The maximum absolute atomic E-state index is 3.86. The predicted octanol–water partition coefficient (Wildman–Crippen LogP) is 4.29. The lowest BCUT2D eigenvalue weighted by atomic mass is 10.0. The predicted molar refractivity (Wildman–Crippen MR) is 74.9 cm³/mol. The summed E-state index contributed by atoms with van der Waals surface area (Å²) >= 11 is 3.55. The van der Waals surface area contributed by atoms with Gasteiger partial charge in [-0.05, 0) is 62.1 Å². The van der Waals surface area contributed by atoms with Crippen LogP contribution in [0.3, 0.4) is 0 Å². The molecule has 0 bridgehead atoms. The molecule has 0 saturated heterocycles. The van der Waals surface area contributed by atoms with E-state index in [1.165, 1.54) is 35.7 Å². The first-order chi connectivity index (χ1) is 8.24. The molecule has 17 heavy (non-hydrogen) atoms. The van der Waals surface area contributed by atoms with Gasteiger partial charge >= 0.3 is 0 Å². The molecule has 1 aromatic carbocycles. The number of nitrogens with one attached hydrogen (secondary N) is 1. The Bertz CT molecular complexity index is 384. The average molecular weight is 294 g/mol. The molecule has 0 aliphatic heterocycles. The zero-order valence-corrected chi connectivity index (χ0v) is 11.9. The highest BCUT2D eigenvalue weighted by atomic mass is 79.9. The van der Waals surface area contributed by atoms with Crippen molar-refractivity contribution >= 4 is 15.9 Å². The van der Waals surface area contributed by atoms with E-state index in [2.05, 4.69) is 52.4 Å². The third kappa shape index (κ3) is 2.92. The molecule has 0 unspecified atom stereocenters. The van der Waals surface area contributed by atoms with E-state index in [0.29, 0.717) is 6.04 Å². The molecular weight excluding hydrogens is 274 g/mol. The second-order valence-electron chi connectivity index (χ2n) is 5.64. The first-order valence-electron chi connectivity index (χ1n) is 6.75. The molecular formula is C15H20BrN. The van der Waals surface area contributed by atoms with Gasteiger partial charge in [0.2, 0.25) is 0 Å². The van der Waals surface area contributed by atoms with Crippen LogP contribution in [0.5, 0.6) is 0 Å². The molecule has 0 heterocycles. The SMILES string of the molecule is C[C@@H](NC(C1CC1)C1CC1)c1cccc(Br)c1. The lowest BCUT2D eigenvalue weighted by Crippen LogP contribution is -2.35. The summed E-state index contributed by atoms with van der Waals surface area (Å²) in [5, 5.41) is 3.86. The molecule has 1 atom stereocenters. The Kier molecular flexibility index (Phi) is 3.27. The van der Waals surface area contributed by atoms with Gasteiger partial charge in [0.25, 0.3) is 0 Å². The lowest BCUT2D eigenvalue weighted by molar-refractivity contribution is 0.377. The fourth-order valence-corrected chi connectivity index (χ4v) is 3.15. The number of halogens is 1. The lowest BCUT2D eigenvalue weighted by Gasteiger charge is -2.23. The summed E-state index contributed by atoms with van der Waals surface area (Å²) in [4.78, 5) is 0. The fraction of sp³-hybridized carbons (Fsp3) is 0.600. The van der Waals surface area contributed by atoms with Crippen LogP contribution in [0.4, 0.5) is 0 Å². The normalized spacial score (nSPS) is 21.8. The fourth-order valence-electron chi connectivity index (χ4n) is 2.73. The van der Waals surface area contributed by atoms with Crippen LogP contribution >= 0.6 is 15.9 Å². The highest BCUT2D eigenvalue weighted by molar-refractivity contribution is 9.10. The standard InChI is InChI=1S/C15H20BrN/c1-10(13-3-2-4-14(16)9-13)17-15(11-5-6-11)12-7-8-12/h2-4,9-12,15,17H,5-8H2,1H3/t10-/m1/s1. The number of hydrogen-bond donors (Lipinski definition) is 1. The molecule has 2 aliphatic carbocycles. The van der Waals surface area contributed by atoms with Crippen molar-refractivity contribution in [2.45, 2.75) is 44.7 Å². The van der Waals surface area contributed by atoms with E-state index >= 15 is 0 Å². The van der Waals surface area contributed by atoms with Crippen LogP contribution in [-0.4, -0.2) is 6.04 Å². The molecule has 1 N–H and O–H groups in total. The Morgan fingerprint density at radius 3 is 2.35 bits per heavy atom. The summed E-state index contributed by atoms with van der Waals surface area (Å²) in [5.74, 6) is 1.94. The molecule has 2 saturated carbocycles. The third-order valence-electron chi connectivity index (χ3n) is 4.05. The second kappa shape index (κ2) is 4.74. The summed E-state index contributed by atoms with van der Waals surface area (Å²) in [6.45, 7) is 2.29. The molecule has 1 aromatic rings. The molecule has 2 fully saturated rings. The van der Waals surface area contributed by atoms with Crippen molar-refractivity contribution in [1.82, 2.24) is 5.32 Å². The van der Waals surface area contributed by atoms with Gasteiger partial charge in [-0.2, -0.15) is 0 Å². The molecule has 0 aromatic heterocycles. The van der Waals surface area contributed by atoms with Crippen molar-refractivity contribution in [2.24, 2.45) is 11.8 Å². The molecule has 0 spiro atoms. The largest absolute Gasteiger partial charge is 0.307 e. The monoisotopic (exact) mass is 293 g/mol.